The Morgan fingerprint density at radius 1 is 1.08 bits per heavy atom. The van der Waals surface area contributed by atoms with Crippen LogP contribution in [0.4, 0.5) is 0 Å². The molecule has 0 amide bonds. The Kier molecular flexibility index (Phi) is 4.96. The lowest BCUT2D eigenvalue weighted by atomic mass is 10.1. The summed E-state index contributed by atoms with van der Waals surface area (Å²) in [6.07, 6.45) is 0.791. The number of hydrogen-bond donors (Lipinski definition) is 1. The number of rotatable bonds is 5. The summed E-state index contributed by atoms with van der Waals surface area (Å²) in [6.45, 7) is -0.0332. The summed E-state index contributed by atoms with van der Waals surface area (Å²) in [7, 11) is 0. The first-order chi connectivity index (χ1) is 11.6. The van der Waals surface area contributed by atoms with Gasteiger partial charge in [0.25, 0.3) is 5.56 Å². The van der Waals surface area contributed by atoms with Crippen LogP contribution >= 0.6 is 11.6 Å². The second-order valence-electron chi connectivity index (χ2n) is 5.50. The molecule has 0 fully saturated rings. The molecule has 0 aliphatic rings. The van der Waals surface area contributed by atoms with Gasteiger partial charge in [-0.05, 0) is 41.6 Å². The minimum absolute atomic E-state index is 0.0332. The average Bonchev–Trinajstić information content (AvgIpc) is 2.58. The summed E-state index contributed by atoms with van der Waals surface area (Å²) in [4.78, 5) is 26.7. The van der Waals surface area contributed by atoms with Crippen molar-refractivity contribution in [2.75, 3.05) is 0 Å². The fraction of sp³-hybridized carbons (Fsp3) is 0.158. The van der Waals surface area contributed by atoms with Crippen LogP contribution in [0.25, 0.3) is 10.9 Å². The number of hydrogen-bond acceptors (Lipinski definition) is 3. The lowest BCUT2D eigenvalue weighted by Gasteiger charge is -2.06. The number of aromatic nitrogens is 1. The third kappa shape index (κ3) is 4.03. The van der Waals surface area contributed by atoms with Crippen LogP contribution < -0.4 is 5.56 Å². The number of para-hydroxylation sites is 1. The number of aromatic amines is 1. The van der Waals surface area contributed by atoms with E-state index in [2.05, 4.69) is 4.98 Å². The van der Waals surface area contributed by atoms with E-state index in [0.717, 1.165) is 16.5 Å². The first-order valence-electron chi connectivity index (χ1n) is 7.63. The van der Waals surface area contributed by atoms with E-state index in [1.165, 1.54) is 0 Å². The Hall–Kier alpha value is -2.59. The predicted molar refractivity (Wildman–Crippen MR) is 94.1 cm³/mol. The molecule has 0 saturated heterocycles. The molecule has 5 heteroatoms. The fourth-order valence-corrected chi connectivity index (χ4v) is 2.68. The highest BCUT2D eigenvalue weighted by Crippen LogP contribution is 2.13. The van der Waals surface area contributed by atoms with Crippen LogP contribution in [-0.4, -0.2) is 11.0 Å². The van der Waals surface area contributed by atoms with Crippen LogP contribution in [0.2, 0.25) is 5.02 Å². The van der Waals surface area contributed by atoms with Gasteiger partial charge in [0.05, 0.1) is 5.56 Å². The van der Waals surface area contributed by atoms with E-state index in [0.29, 0.717) is 17.0 Å². The smallest absolute Gasteiger partial charge is 0.306 e. The molecule has 2 aromatic carbocycles. The molecule has 0 bridgehead atoms. The van der Waals surface area contributed by atoms with Crippen molar-refractivity contribution in [1.82, 2.24) is 4.98 Å². The molecule has 3 aromatic rings. The standard InChI is InChI=1S/C19H16ClNO3/c20-16-6-3-4-13(10-16)8-9-18(22)24-12-15-11-14-5-1-2-7-17(14)21-19(15)23/h1-7,10-11H,8-9,12H2,(H,21,23). The number of fused-ring (bicyclic) bond motifs is 1. The Morgan fingerprint density at radius 3 is 2.75 bits per heavy atom. The monoisotopic (exact) mass is 341 g/mol. The maximum absolute atomic E-state index is 12.0. The molecule has 0 atom stereocenters. The average molecular weight is 342 g/mol. The molecular formula is C19H16ClNO3. The summed E-state index contributed by atoms with van der Waals surface area (Å²) in [5, 5.41) is 1.55. The topological polar surface area (TPSA) is 59.2 Å². The van der Waals surface area contributed by atoms with Crippen molar-refractivity contribution in [2.45, 2.75) is 19.4 Å². The third-order valence-electron chi connectivity index (χ3n) is 3.73. The number of esters is 1. The Labute approximate surface area is 144 Å². The van der Waals surface area contributed by atoms with E-state index in [4.69, 9.17) is 16.3 Å². The van der Waals surface area contributed by atoms with Crippen LogP contribution in [0.15, 0.2) is 59.4 Å². The maximum atomic E-state index is 12.0. The molecule has 1 aromatic heterocycles. The van der Waals surface area contributed by atoms with Crippen molar-refractivity contribution in [3.8, 4) is 0 Å². The highest BCUT2D eigenvalue weighted by atomic mass is 35.5. The van der Waals surface area contributed by atoms with Gasteiger partial charge in [0.1, 0.15) is 6.61 Å². The van der Waals surface area contributed by atoms with E-state index in [1.54, 1.807) is 12.1 Å². The second-order valence-corrected chi connectivity index (χ2v) is 5.94. The lowest BCUT2D eigenvalue weighted by molar-refractivity contribution is -0.144. The zero-order valence-corrected chi connectivity index (χ0v) is 13.7. The first kappa shape index (κ1) is 16.3. The van der Waals surface area contributed by atoms with Gasteiger partial charge in [-0.1, -0.05) is 41.9 Å². The first-order valence-corrected chi connectivity index (χ1v) is 8.00. The largest absolute Gasteiger partial charge is 0.461 e. The number of carbonyl (C=O) groups excluding carboxylic acids is 1. The molecule has 122 valence electrons. The van der Waals surface area contributed by atoms with Gasteiger partial charge in [-0.3, -0.25) is 9.59 Å². The van der Waals surface area contributed by atoms with Crippen LogP contribution in [-0.2, 0) is 22.6 Å². The Bertz CT molecular complexity index is 933. The summed E-state index contributed by atoms with van der Waals surface area (Å²) < 4.78 is 5.22. The van der Waals surface area contributed by atoms with Crippen molar-refractivity contribution in [3.05, 3.63) is 81.1 Å². The van der Waals surface area contributed by atoms with Gasteiger partial charge in [-0.15, -0.1) is 0 Å². The molecule has 4 nitrogen and oxygen atoms in total. The van der Waals surface area contributed by atoms with Gasteiger partial charge in [-0.2, -0.15) is 0 Å². The second kappa shape index (κ2) is 7.32. The molecule has 0 saturated carbocycles. The van der Waals surface area contributed by atoms with Crippen molar-refractivity contribution >= 4 is 28.5 Å². The number of carbonyl (C=O) groups is 1. The molecule has 0 unspecified atom stereocenters. The van der Waals surface area contributed by atoms with Crippen molar-refractivity contribution in [1.29, 1.82) is 0 Å². The quantitative estimate of drug-likeness (QED) is 0.717. The van der Waals surface area contributed by atoms with Crippen LogP contribution in [0.3, 0.4) is 0 Å². The van der Waals surface area contributed by atoms with Gasteiger partial charge >= 0.3 is 5.97 Å². The lowest BCUT2D eigenvalue weighted by Crippen LogP contribution is -2.15. The fourth-order valence-electron chi connectivity index (χ4n) is 2.47. The zero-order valence-electron chi connectivity index (χ0n) is 12.9. The highest BCUT2D eigenvalue weighted by Gasteiger charge is 2.08. The minimum Gasteiger partial charge on any atom is -0.461 e. The molecule has 0 aliphatic heterocycles. The molecule has 24 heavy (non-hydrogen) atoms. The molecular weight excluding hydrogens is 326 g/mol. The van der Waals surface area contributed by atoms with Crippen molar-refractivity contribution < 1.29 is 9.53 Å². The summed E-state index contributed by atoms with van der Waals surface area (Å²) >= 11 is 5.91. The summed E-state index contributed by atoms with van der Waals surface area (Å²) in [5.41, 5.74) is 1.93. The number of aryl methyl sites for hydroxylation is 1. The summed E-state index contributed by atoms with van der Waals surface area (Å²) in [6, 6.07) is 16.6. The van der Waals surface area contributed by atoms with E-state index < -0.39 is 0 Å². The Balaban J connectivity index is 1.60. The van der Waals surface area contributed by atoms with Gasteiger partial charge < -0.3 is 9.72 Å². The van der Waals surface area contributed by atoms with E-state index in [9.17, 15) is 9.59 Å². The molecule has 1 N–H and O–H groups in total. The maximum Gasteiger partial charge on any atom is 0.306 e. The van der Waals surface area contributed by atoms with E-state index >= 15 is 0 Å². The van der Waals surface area contributed by atoms with Crippen molar-refractivity contribution in [2.24, 2.45) is 0 Å². The number of ether oxygens (including phenoxy) is 1. The predicted octanol–water partition coefficient (Wildman–Crippen LogP) is 3.86. The zero-order chi connectivity index (χ0) is 16.9. The molecule has 0 radical (unpaired) electrons. The minimum atomic E-state index is -0.345. The van der Waals surface area contributed by atoms with Gasteiger partial charge in [0, 0.05) is 17.0 Å². The summed E-state index contributed by atoms with van der Waals surface area (Å²) in [5.74, 6) is -0.345. The molecule has 0 spiro atoms. The SMILES string of the molecule is O=C(CCc1cccc(Cl)c1)OCc1cc2ccccc2[nH]c1=O. The normalized spacial score (nSPS) is 10.7. The van der Waals surface area contributed by atoms with Gasteiger partial charge in [-0.25, -0.2) is 0 Å². The van der Waals surface area contributed by atoms with Crippen LogP contribution in [0.1, 0.15) is 17.5 Å². The van der Waals surface area contributed by atoms with Gasteiger partial charge in [0.15, 0.2) is 0 Å². The molecule has 1 heterocycles. The molecule has 0 aliphatic carbocycles. The third-order valence-corrected chi connectivity index (χ3v) is 3.96. The molecule has 3 rings (SSSR count). The highest BCUT2D eigenvalue weighted by molar-refractivity contribution is 6.30. The van der Waals surface area contributed by atoms with Crippen LogP contribution in [0.5, 0.6) is 0 Å². The number of H-pyrrole nitrogens is 1. The number of benzene rings is 2. The van der Waals surface area contributed by atoms with Gasteiger partial charge in [0.2, 0.25) is 0 Å². The van der Waals surface area contributed by atoms with Crippen LogP contribution in [0, 0.1) is 0 Å². The number of nitrogens with one attached hydrogen (secondary N) is 1. The van der Waals surface area contributed by atoms with E-state index in [1.807, 2.05) is 42.5 Å². The number of pyridine rings is 1. The van der Waals surface area contributed by atoms with E-state index in [-0.39, 0.29) is 24.6 Å². The Morgan fingerprint density at radius 2 is 1.92 bits per heavy atom. The number of halogens is 1. The van der Waals surface area contributed by atoms with Crippen molar-refractivity contribution in [3.63, 3.8) is 0 Å².